The van der Waals surface area contributed by atoms with Crippen molar-refractivity contribution in [3.05, 3.63) is 58.7 Å². The molecule has 0 fully saturated rings. The zero-order valence-electron chi connectivity index (χ0n) is 19.0. The molecule has 2 aromatic rings. The predicted octanol–water partition coefficient (Wildman–Crippen LogP) is 3.79. The zero-order chi connectivity index (χ0) is 28.5. The molecule has 1 aromatic heterocycles. The summed E-state index contributed by atoms with van der Waals surface area (Å²) in [7, 11) is 0. The Hall–Kier alpha value is -3.92. The molecule has 1 atom stereocenters. The van der Waals surface area contributed by atoms with E-state index >= 15 is 0 Å². The largest absolute Gasteiger partial charge is 0.437 e. The van der Waals surface area contributed by atoms with Gasteiger partial charge in [0.05, 0.1) is 31.1 Å². The van der Waals surface area contributed by atoms with Crippen molar-refractivity contribution in [2.45, 2.75) is 37.5 Å². The number of carbonyl (C=O) groups excluding carboxylic acids is 2. The fourth-order valence-electron chi connectivity index (χ4n) is 3.33. The first-order chi connectivity index (χ1) is 17.4. The highest BCUT2D eigenvalue weighted by molar-refractivity contribution is 6.04. The summed E-state index contributed by atoms with van der Waals surface area (Å²) in [6.45, 7) is -0.984. The topological polar surface area (TPSA) is 106 Å². The summed E-state index contributed by atoms with van der Waals surface area (Å²) in [6, 6.07) is 3.58. The van der Waals surface area contributed by atoms with E-state index in [9.17, 15) is 49.1 Å². The van der Waals surface area contributed by atoms with Crippen LogP contribution in [-0.4, -0.2) is 52.9 Å². The smallest absolute Gasteiger partial charge is 0.372 e. The first-order valence-corrected chi connectivity index (χ1v) is 10.4. The Morgan fingerprint density at radius 1 is 1.03 bits per heavy atom. The average molecular weight is 557 g/mol. The van der Waals surface area contributed by atoms with Gasteiger partial charge in [0.2, 0.25) is 5.91 Å². The molecule has 0 saturated heterocycles. The number of carbonyl (C=O) groups is 2. The first kappa shape index (κ1) is 28.6. The molecule has 0 radical (unpaired) electrons. The van der Waals surface area contributed by atoms with Crippen molar-refractivity contribution < 1.29 is 53.9 Å². The highest BCUT2D eigenvalue weighted by Gasteiger charge is 2.64. The molecule has 1 aliphatic heterocycles. The standard InChI is InChI=1S/C21H16F9N5O3/c1-10-4-11(2-3-12(10)17(37)32-8-16(36)33-9-19(22,23)24)13-5-18(38-35-13,21(28,29)30)14-6-31-7-15(34-14)20(25,26)27/h2-4,6-7H,5,8-9H2,1H3,(H,32,37)(H,33,36)/t18-/m1/s1. The number of benzene rings is 1. The number of hydrogen-bond donors (Lipinski definition) is 2. The third kappa shape index (κ3) is 6.31. The molecule has 0 saturated carbocycles. The van der Waals surface area contributed by atoms with Gasteiger partial charge < -0.3 is 15.5 Å². The van der Waals surface area contributed by atoms with Gasteiger partial charge in [0, 0.05) is 5.56 Å². The summed E-state index contributed by atoms with van der Waals surface area (Å²) >= 11 is 0. The van der Waals surface area contributed by atoms with Gasteiger partial charge in [-0.05, 0) is 30.2 Å². The Kier molecular flexibility index (Phi) is 7.61. The van der Waals surface area contributed by atoms with Crippen LogP contribution < -0.4 is 10.6 Å². The lowest BCUT2D eigenvalue weighted by Crippen LogP contribution is -2.43. The van der Waals surface area contributed by atoms with Crippen molar-refractivity contribution in [2.24, 2.45) is 5.16 Å². The number of rotatable bonds is 6. The van der Waals surface area contributed by atoms with Crippen LogP contribution in [0.3, 0.4) is 0 Å². The summed E-state index contributed by atoms with van der Waals surface area (Å²) in [5.41, 5.74) is -6.32. The fourth-order valence-corrected chi connectivity index (χ4v) is 3.33. The number of amides is 2. The zero-order valence-corrected chi connectivity index (χ0v) is 19.0. The minimum Gasteiger partial charge on any atom is -0.372 e. The summed E-state index contributed by atoms with van der Waals surface area (Å²) in [5.74, 6) is -1.96. The van der Waals surface area contributed by atoms with Gasteiger partial charge in [-0.1, -0.05) is 11.2 Å². The Labute approximate surface area is 207 Å². The molecule has 2 amide bonds. The van der Waals surface area contributed by atoms with Gasteiger partial charge in [-0.25, -0.2) is 4.98 Å². The van der Waals surface area contributed by atoms with E-state index in [0.717, 1.165) is 6.07 Å². The molecule has 0 spiro atoms. The monoisotopic (exact) mass is 557 g/mol. The van der Waals surface area contributed by atoms with Crippen LogP contribution in [0.2, 0.25) is 0 Å². The quantitative estimate of drug-likeness (QED) is 0.526. The van der Waals surface area contributed by atoms with Crippen LogP contribution in [-0.2, 0) is 21.4 Å². The summed E-state index contributed by atoms with van der Waals surface area (Å²) in [4.78, 5) is 34.7. The van der Waals surface area contributed by atoms with Gasteiger partial charge in [0.25, 0.3) is 11.5 Å². The summed E-state index contributed by atoms with van der Waals surface area (Å²) < 4.78 is 118. The molecular formula is C21H16F9N5O3. The number of aryl methyl sites for hydroxylation is 1. The molecule has 0 aliphatic carbocycles. The number of aromatic nitrogens is 2. The highest BCUT2D eigenvalue weighted by atomic mass is 19.4. The van der Waals surface area contributed by atoms with Crippen LogP contribution >= 0.6 is 0 Å². The SMILES string of the molecule is Cc1cc(C2=NO[C@](c3cncc(C(F)(F)F)n3)(C(F)(F)F)C2)ccc1C(=O)NCC(=O)NCC(F)(F)F. The number of oxime groups is 1. The minimum absolute atomic E-state index is 0.0352. The van der Waals surface area contributed by atoms with E-state index in [1.165, 1.54) is 19.1 Å². The first-order valence-electron chi connectivity index (χ1n) is 10.4. The Bertz CT molecular complexity index is 1260. The second kappa shape index (κ2) is 10.1. The molecule has 0 bridgehead atoms. The number of nitrogens with zero attached hydrogens (tertiary/aromatic N) is 3. The molecule has 206 valence electrons. The van der Waals surface area contributed by atoms with Crippen LogP contribution in [0, 0.1) is 6.92 Å². The summed E-state index contributed by atoms with van der Waals surface area (Å²) in [6.07, 6.45) is -15.3. The maximum absolute atomic E-state index is 14.0. The third-order valence-corrected chi connectivity index (χ3v) is 5.22. The van der Waals surface area contributed by atoms with Crippen LogP contribution in [0.1, 0.15) is 39.3 Å². The van der Waals surface area contributed by atoms with E-state index < -0.39 is 66.8 Å². The molecule has 1 aliphatic rings. The van der Waals surface area contributed by atoms with Crippen LogP contribution in [0.15, 0.2) is 35.7 Å². The molecule has 1 aromatic carbocycles. The Balaban J connectivity index is 1.77. The van der Waals surface area contributed by atoms with E-state index in [4.69, 9.17) is 0 Å². The second-order valence-electron chi connectivity index (χ2n) is 8.02. The minimum atomic E-state index is -5.25. The van der Waals surface area contributed by atoms with Crippen molar-refractivity contribution in [1.29, 1.82) is 0 Å². The molecule has 2 heterocycles. The highest BCUT2D eigenvalue weighted by Crippen LogP contribution is 2.48. The van der Waals surface area contributed by atoms with E-state index in [0.29, 0.717) is 6.20 Å². The van der Waals surface area contributed by atoms with E-state index in [1.807, 2.05) is 0 Å². The van der Waals surface area contributed by atoms with Gasteiger partial charge in [-0.2, -0.15) is 39.5 Å². The second-order valence-corrected chi connectivity index (χ2v) is 8.02. The maximum atomic E-state index is 14.0. The molecule has 0 unspecified atom stereocenters. The number of halogens is 9. The third-order valence-electron chi connectivity index (χ3n) is 5.22. The fraction of sp³-hybridized carbons (Fsp3) is 0.381. The Morgan fingerprint density at radius 2 is 1.71 bits per heavy atom. The number of alkyl halides is 9. The lowest BCUT2D eigenvalue weighted by atomic mass is 9.89. The van der Waals surface area contributed by atoms with Crippen molar-refractivity contribution in [1.82, 2.24) is 20.6 Å². The summed E-state index contributed by atoms with van der Waals surface area (Å²) in [5, 5.41) is 7.08. The van der Waals surface area contributed by atoms with Gasteiger partial charge in [-0.3, -0.25) is 14.6 Å². The predicted molar refractivity (Wildman–Crippen MR) is 110 cm³/mol. The van der Waals surface area contributed by atoms with Crippen LogP contribution in [0.5, 0.6) is 0 Å². The van der Waals surface area contributed by atoms with E-state index in [-0.39, 0.29) is 28.6 Å². The molecule has 3 rings (SSSR count). The van der Waals surface area contributed by atoms with Gasteiger partial charge in [0.1, 0.15) is 12.2 Å². The van der Waals surface area contributed by atoms with Crippen LogP contribution in [0.25, 0.3) is 0 Å². The molecular weight excluding hydrogens is 541 g/mol. The molecule has 8 nitrogen and oxygen atoms in total. The van der Waals surface area contributed by atoms with Gasteiger partial charge in [-0.15, -0.1) is 0 Å². The lowest BCUT2D eigenvalue weighted by molar-refractivity contribution is -0.277. The van der Waals surface area contributed by atoms with Crippen molar-refractivity contribution in [3.63, 3.8) is 0 Å². The molecule has 2 N–H and O–H groups in total. The Morgan fingerprint density at radius 3 is 2.29 bits per heavy atom. The maximum Gasteiger partial charge on any atom is 0.437 e. The number of hydrogen-bond acceptors (Lipinski definition) is 6. The van der Waals surface area contributed by atoms with Gasteiger partial charge in [0.15, 0.2) is 5.69 Å². The van der Waals surface area contributed by atoms with Gasteiger partial charge >= 0.3 is 18.5 Å². The van der Waals surface area contributed by atoms with Crippen molar-refractivity contribution >= 4 is 17.5 Å². The normalized spacial score (nSPS) is 18.0. The molecule has 17 heteroatoms. The average Bonchev–Trinajstić information content (AvgIpc) is 3.27. The number of nitrogens with one attached hydrogen (secondary N) is 2. The van der Waals surface area contributed by atoms with Crippen molar-refractivity contribution in [2.75, 3.05) is 13.1 Å². The van der Waals surface area contributed by atoms with E-state index in [2.05, 4.69) is 25.3 Å². The lowest BCUT2D eigenvalue weighted by Gasteiger charge is -2.28. The molecule has 38 heavy (non-hydrogen) atoms. The van der Waals surface area contributed by atoms with Crippen molar-refractivity contribution in [3.8, 4) is 0 Å². The van der Waals surface area contributed by atoms with Crippen LogP contribution in [0.4, 0.5) is 39.5 Å². The van der Waals surface area contributed by atoms with E-state index in [1.54, 1.807) is 5.32 Å².